The van der Waals surface area contributed by atoms with E-state index in [1.807, 2.05) is 36.4 Å². The van der Waals surface area contributed by atoms with E-state index in [0.717, 1.165) is 15.1 Å². The predicted molar refractivity (Wildman–Crippen MR) is 97.1 cm³/mol. The van der Waals surface area contributed by atoms with E-state index in [4.69, 9.17) is 0 Å². The Labute approximate surface area is 151 Å². The van der Waals surface area contributed by atoms with Gasteiger partial charge in [-0.05, 0) is 22.8 Å². The first-order chi connectivity index (χ1) is 12.4. The average Bonchev–Trinajstić information content (AvgIpc) is 2.91. The second-order valence-electron chi connectivity index (χ2n) is 6.29. The van der Waals surface area contributed by atoms with Crippen LogP contribution in [-0.4, -0.2) is 48.5 Å². The van der Waals surface area contributed by atoms with Gasteiger partial charge in [0.05, 0.1) is 24.8 Å². The van der Waals surface area contributed by atoms with E-state index in [1.165, 1.54) is 0 Å². The fourth-order valence-electron chi connectivity index (χ4n) is 3.24. The first-order valence-electron chi connectivity index (χ1n) is 8.33. The standard InChI is InChI=1S/C18H20N2O5S/c21-17(12-20-9-4-10-26(20,24)25)19-16(11-18(22)23)15-8-3-6-13-5-1-2-7-14(13)15/h1-3,5-8,16H,4,9-12H2,(H,19,21)(H,22,23)/t16-/m1/s1. The zero-order valence-corrected chi connectivity index (χ0v) is 14.9. The maximum absolute atomic E-state index is 12.4. The molecule has 0 aromatic heterocycles. The Hall–Kier alpha value is -2.45. The zero-order valence-electron chi connectivity index (χ0n) is 14.1. The Morgan fingerprint density at radius 1 is 1.15 bits per heavy atom. The van der Waals surface area contributed by atoms with Crippen molar-refractivity contribution in [3.8, 4) is 0 Å². The van der Waals surface area contributed by atoms with E-state index in [1.54, 1.807) is 6.07 Å². The summed E-state index contributed by atoms with van der Waals surface area (Å²) in [5, 5.41) is 13.7. The predicted octanol–water partition coefficient (Wildman–Crippen LogP) is 1.51. The average molecular weight is 376 g/mol. The summed E-state index contributed by atoms with van der Waals surface area (Å²) in [5.41, 5.74) is 0.697. The van der Waals surface area contributed by atoms with Crippen LogP contribution in [0.3, 0.4) is 0 Å². The lowest BCUT2D eigenvalue weighted by Gasteiger charge is -2.21. The highest BCUT2D eigenvalue weighted by Crippen LogP contribution is 2.26. The summed E-state index contributed by atoms with van der Waals surface area (Å²) in [6, 6.07) is 12.3. The molecule has 0 bridgehead atoms. The smallest absolute Gasteiger partial charge is 0.305 e. The molecule has 1 heterocycles. The highest BCUT2D eigenvalue weighted by Gasteiger charge is 2.30. The van der Waals surface area contributed by atoms with Gasteiger partial charge < -0.3 is 10.4 Å². The summed E-state index contributed by atoms with van der Waals surface area (Å²) in [7, 11) is -3.38. The third-order valence-electron chi connectivity index (χ3n) is 4.44. The first kappa shape index (κ1) is 18.3. The van der Waals surface area contributed by atoms with E-state index < -0.39 is 27.9 Å². The highest BCUT2D eigenvalue weighted by atomic mass is 32.2. The number of rotatable bonds is 6. The molecule has 1 amide bonds. The summed E-state index contributed by atoms with van der Waals surface area (Å²) >= 11 is 0. The quantitative estimate of drug-likeness (QED) is 0.795. The Morgan fingerprint density at radius 3 is 2.58 bits per heavy atom. The molecule has 0 saturated carbocycles. The summed E-state index contributed by atoms with van der Waals surface area (Å²) < 4.78 is 24.9. The molecule has 0 unspecified atom stereocenters. The van der Waals surface area contributed by atoms with Gasteiger partial charge in [-0.15, -0.1) is 0 Å². The maximum Gasteiger partial charge on any atom is 0.305 e. The number of sulfonamides is 1. The van der Waals surface area contributed by atoms with E-state index in [-0.39, 0.29) is 18.7 Å². The zero-order chi connectivity index (χ0) is 18.7. The normalized spacial score (nSPS) is 17.8. The fraction of sp³-hybridized carbons (Fsp3) is 0.333. The number of amides is 1. The van der Waals surface area contributed by atoms with Crippen LogP contribution in [0.15, 0.2) is 42.5 Å². The molecule has 3 rings (SSSR count). The van der Waals surface area contributed by atoms with Crippen LogP contribution in [0.5, 0.6) is 0 Å². The number of carboxylic acid groups (broad SMARTS) is 1. The third-order valence-corrected chi connectivity index (χ3v) is 6.34. The lowest BCUT2D eigenvalue weighted by Crippen LogP contribution is -2.40. The van der Waals surface area contributed by atoms with Crippen molar-refractivity contribution in [3.05, 3.63) is 48.0 Å². The van der Waals surface area contributed by atoms with E-state index >= 15 is 0 Å². The molecule has 1 fully saturated rings. The van der Waals surface area contributed by atoms with Crippen LogP contribution in [0.25, 0.3) is 10.8 Å². The third kappa shape index (κ3) is 4.03. The Morgan fingerprint density at radius 2 is 1.88 bits per heavy atom. The number of nitrogens with one attached hydrogen (secondary N) is 1. The fourth-order valence-corrected chi connectivity index (χ4v) is 4.71. The second-order valence-corrected chi connectivity index (χ2v) is 8.38. The van der Waals surface area contributed by atoms with E-state index in [2.05, 4.69) is 5.32 Å². The van der Waals surface area contributed by atoms with Gasteiger partial charge in [-0.25, -0.2) is 8.42 Å². The topological polar surface area (TPSA) is 104 Å². The van der Waals surface area contributed by atoms with Crippen molar-refractivity contribution in [2.24, 2.45) is 0 Å². The van der Waals surface area contributed by atoms with Crippen LogP contribution in [-0.2, 0) is 19.6 Å². The first-order valence-corrected chi connectivity index (χ1v) is 9.94. The number of carboxylic acids is 1. The molecule has 8 heteroatoms. The summed E-state index contributed by atoms with van der Waals surface area (Å²) in [5.74, 6) is -1.51. The summed E-state index contributed by atoms with van der Waals surface area (Å²) in [6.07, 6.45) is 0.212. The molecular formula is C18H20N2O5S. The summed E-state index contributed by atoms with van der Waals surface area (Å²) in [6.45, 7) is 0.0246. The van der Waals surface area contributed by atoms with Gasteiger partial charge in [0.1, 0.15) is 0 Å². The van der Waals surface area contributed by atoms with Gasteiger partial charge in [-0.2, -0.15) is 4.31 Å². The van der Waals surface area contributed by atoms with Crippen molar-refractivity contribution in [1.29, 1.82) is 0 Å². The number of carbonyl (C=O) groups is 2. The van der Waals surface area contributed by atoms with E-state index in [0.29, 0.717) is 18.5 Å². The molecule has 0 spiro atoms. The van der Waals surface area contributed by atoms with Crippen LogP contribution in [0.1, 0.15) is 24.4 Å². The minimum absolute atomic E-state index is 0.0438. The van der Waals surface area contributed by atoms with Crippen LogP contribution >= 0.6 is 0 Å². The number of hydrogen-bond acceptors (Lipinski definition) is 4. The molecule has 1 atom stereocenters. The molecule has 1 saturated heterocycles. The van der Waals surface area contributed by atoms with Crippen LogP contribution in [0.2, 0.25) is 0 Å². The van der Waals surface area contributed by atoms with Crippen LogP contribution in [0, 0.1) is 0 Å². The molecule has 2 aromatic rings. The van der Waals surface area contributed by atoms with Crippen molar-refractivity contribution in [1.82, 2.24) is 9.62 Å². The molecule has 2 aromatic carbocycles. The van der Waals surface area contributed by atoms with Crippen molar-refractivity contribution in [2.75, 3.05) is 18.8 Å². The molecule has 138 valence electrons. The van der Waals surface area contributed by atoms with Gasteiger partial charge in [0.2, 0.25) is 15.9 Å². The monoisotopic (exact) mass is 376 g/mol. The minimum Gasteiger partial charge on any atom is -0.481 e. The van der Waals surface area contributed by atoms with Gasteiger partial charge in [0, 0.05) is 6.54 Å². The molecule has 0 radical (unpaired) electrons. The minimum atomic E-state index is -3.38. The van der Waals surface area contributed by atoms with Gasteiger partial charge in [0.15, 0.2) is 0 Å². The van der Waals surface area contributed by atoms with Crippen molar-refractivity contribution in [2.45, 2.75) is 18.9 Å². The van der Waals surface area contributed by atoms with Gasteiger partial charge in [-0.1, -0.05) is 42.5 Å². The Bertz CT molecular complexity index is 936. The number of nitrogens with zero attached hydrogens (tertiary/aromatic N) is 1. The van der Waals surface area contributed by atoms with E-state index in [9.17, 15) is 23.1 Å². The van der Waals surface area contributed by atoms with Gasteiger partial charge in [0.25, 0.3) is 0 Å². The van der Waals surface area contributed by atoms with Gasteiger partial charge >= 0.3 is 5.97 Å². The lowest BCUT2D eigenvalue weighted by atomic mass is 9.96. The molecular weight excluding hydrogens is 356 g/mol. The highest BCUT2D eigenvalue weighted by molar-refractivity contribution is 7.89. The van der Waals surface area contributed by atoms with Gasteiger partial charge in [-0.3, -0.25) is 9.59 Å². The van der Waals surface area contributed by atoms with Crippen molar-refractivity contribution in [3.63, 3.8) is 0 Å². The second kappa shape index (κ2) is 7.43. The number of benzene rings is 2. The Kier molecular flexibility index (Phi) is 5.24. The number of hydrogen-bond donors (Lipinski definition) is 2. The number of fused-ring (bicyclic) bond motifs is 1. The lowest BCUT2D eigenvalue weighted by molar-refractivity contribution is -0.137. The largest absolute Gasteiger partial charge is 0.481 e. The molecule has 1 aliphatic heterocycles. The molecule has 7 nitrogen and oxygen atoms in total. The van der Waals surface area contributed by atoms with Crippen molar-refractivity contribution >= 4 is 32.7 Å². The molecule has 0 aliphatic carbocycles. The number of carbonyl (C=O) groups excluding carboxylic acids is 1. The number of aliphatic carboxylic acids is 1. The van der Waals surface area contributed by atoms with Crippen LogP contribution in [0.4, 0.5) is 0 Å². The molecule has 26 heavy (non-hydrogen) atoms. The van der Waals surface area contributed by atoms with Crippen molar-refractivity contribution < 1.29 is 23.1 Å². The maximum atomic E-state index is 12.4. The Balaban J connectivity index is 1.84. The SMILES string of the molecule is O=C(O)C[C@@H](NC(=O)CN1CCCS1(=O)=O)c1cccc2ccccc12. The summed E-state index contributed by atoms with van der Waals surface area (Å²) in [4.78, 5) is 23.7. The van der Waals surface area contributed by atoms with Crippen LogP contribution < -0.4 is 5.32 Å². The molecule has 1 aliphatic rings. The molecule has 2 N–H and O–H groups in total.